The average Bonchev–Trinajstić information content (AvgIpc) is 2.75. The monoisotopic (exact) mass is 219 g/mol. The summed E-state index contributed by atoms with van der Waals surface area (Å²) in [4.78, 5) is 0. The van der Waals surface area contributed by atoms with E-state index in [1.807, 2.05) is 24.3 Å². The van der Waals surface area contributed by atoms with E-state index in [9.17, 15) is 0 Å². The summed E-state index contributed by atoms with van der Waals surface area (Å²) < 4.78 is 6.69. The van der Waals surface area contributed by atoms with Gasteiger partial charge in [0.2, 0.25) is 0 Å². The van der Waals surface area contributed by atoms with Gasteiger partial charge in [0, 0.05) is 18.4 Å². The molecule has 0 aliphatic carbocycles. The van der Waals surface area contributed by atoms with Crippen molar-refractivity contribution >= 4 is 5.69 Å². The third kappa shape index (κ3) is 2.17. The maximum Gasteiger partial charge on any atom is 0.182 e. The Morgan fingerprint density at radius 3 is 2.75 bits per heavy atom. The topological polar surface area (TPSA) is 78.8 Å². The lowest BCUT2D eigenvalue weighted by Gasteiger charge is -2.03. The number of tetrazole rings is 1. The summed E-state index contributed by atoms with van der Waals surface area (Å²) in [5, 5.41) is 11.5. The molecule has 0 amide bonds. The first-order chi connectivity index (χ1) is 7.81. The van der Waals surface area contributed by atoms with Gasteiger partial charge in [-0.2, -0.15) is 0 Å². The molecule has 1 aromatic carbocycles. The van der Waals surface area contributed by atoms with Crippen molar-refractivity contribution in [2.45, 2.75) is 6.54 Å². The lowest BCUT2D eigenvalue weighted by Crippen LogP contribution is -2.07. The van der Waals surface area contributed by atoms with Gasteiger partial charge in [-0.05, 0) is 34.7 Å². The number of nitrogens with zero attached hydrogens (tertiary/aromatic N) is 4. The van der Waals surface area contributed by atoms with Gasteiger partial charge >= 0.3 is 0 Å². The van der Waals surface area contributed by atoms with Crippen molar-refractivity contribution in [3.8, 4) is 11.4 Å². The summed E-state index contributed by atoms with van der Waals surface area (Å²) in [6.07, 6.45) is 0. The second kappa shape index (κ2) is 4.71. The molecule has 0 atom stereocenters. The summed E-state index contributed by atoms with van der Waals surface area (Å²) in [6.45, 7) is 1.20. The zero-order valence-corrected chi connectivity index (χ0v) is 9.00. The Kier molecular flexibility index (Phi) is 3.11. The van der Waals surface area contributed by atoms with Crippen LogP contribution in [0.5, 0.6) is 0 Å². The number of ether oxygens (including phenoxy) is 1. The molecule has 1 heterocycles. The fraction of sp³-hybridized carbons (Fsp3) is 0.300. The van der Waals surface area contributed by atoms with Crippen molar-refractivity contribution in [3.63, 3.8) is 0 Å². The molecule has 2 N–H and O–H groups in total. The molecule has 0 radical (unpaired) electrons. The number of methoxy groups -OCH3 is 1. The van der Waals surface area contributed by atoms with Crippen molar-refractivity contribution in [2.75, 3.05) is 19.5 Å². The molecule has 16 heavy (non-hydrogen) atoms. The van der Waals surface area contributed by atoms with E-state index in [1.165, 1.54) is 0 Å². The van der Waals surface area contributed by atoms with Crippen molar-refractivity contribution < 1.29 is 4.74 Å². The van der Waals surface area contributed by atoms with Gasteiger partial charge in [-0.3, -0.25) is 0 Å². The molecular formula is C10H13N5O. The van der Waals surface area contributed by atoms with E-state index < -0.39 is 0 Å². The van der Waals surface area contributed by atoms with Crippen LogP contribution in [0.2, 0.25) is 0 Å². The third-order valence-electron chi connectivity index (χ3n) is 2.21. The van der Waals surface area contributed by atoms with Gasteiger partial charge in [0.05, 0.1) is 13.2 Å². The number of benzene rings is 1. The van der Waals surface area contributed by atoms with Crippen molar-refractivity contribution in [3.05, 3.63) is 24.3 Å². The largest absolute Gasteiger partial charge is 0.399 e. The highest BCUT2D eigenvalue weighted by Gasteiger charge is 2.07. The van der Waals surface area contributed by atoms with Gasteiger partial charge in [0.15, 0.2) is 5.82 Å². The van der Waals surface area contributed by atoms with Gasteiger partial charge in [-0.1, -0.05) is 0 Å². The zero-order valence-electron chi connectivity index (χ0n) is 9.00. The van der Waals surface area contributed by atoms with Crippen LogP contribution in [0.15, 0.2) is 24.3 Å². The lowest BCUT2D eigenvalue weighted by molar-refractivity contribution is 0.183. The number of anilines is 1. The van der Waals surface area contributed by atoms with Gasteiger partial charge in [-0.25, -0.2) is 4.68 Å². The van der Waals surface area contributed by atoms with E-state index in [4.69, 9.17) is 10.5 Å². The van der Waals surface area contributed by atoms with Crippen LogP contribution in [0.3, 0.4) is 0 Å². The quantitative estimate of drug-likeness (QED) is 0.760. The molecule has 6 heteroatoms. The Balaban J connectivity index is 2.26. The number of nitrogen functional groups attached to an aromatic ring is 1. The van der Waals surface area contributed by atoms with Crippen molar-refractivity contribution in [1.82, 2.24) is 20.2 Å². The van der Waals surface area contributed by atoms with E-state index in [0.717, 1.165) is 17.1 Å². The van der Waals surface area contributed by atoms with E-state index in [-0.39, 0.29) is 0 Å². The Hall–Kier alpha value is -1.95. The van der Waals surface area contributed by atoms with Crippen LogP contribution in [0, 0.1) is 0 Å². The fourth-order valence-corrected chi connectivity index (χ4v) is 1.37. The standard InChI is InChI=1S/C10H13N5O/c1-16-7-6-15-10(12-13-14-15)8-2-4-9(11)5-3-8/h2-5H,6-7,11H2,1H3. The first-order valence-electron chi connectivity index (χ1n) is 4.92. The molecule has 0 aliphatic heterocycles. The minimum atomic E-state index is 0.576. The Morgan fingerprint density at radius 1 is 1.31 bits per heavy atom. The summed E-state index contributed by atoms with van der Waals surface area (Å²) in [5.41, 5.74) is 7.28. The molecule has 0 bridgehead atoms. The smallest absolute Gasteiger partial charge is 0.182 e. The van der Waals surface area contributed by atoms with Crippen LogP contribution < -0.4 is 5.73 Å². The average molecular weight is 219 g/mol. The van der Waals surface area contributed by atoms with Gasteiger partial charge < -0.3 is 10.5 Å². The van der Waals surface area contributed by atoms with Crippen LogP contribution in [0.25, 0.3) is 11.4 Å². The maximum atomic E-state index is 5.62. The molecule has 0 spiro atoms. The number of rotatable bonds is 4. The molecule has 0 aliphatic rings. The van der Waals surface area contributed by atoms with E-state index in [1.54, 1.807) is 11.8 Å². The molecule has 2 rings (SSSR count). The SMILES string of the molecule is COCCn1nnnc1-c1ccc(N)cc1. The van der Waals surface area contributed by atoms with Crippen molar-refractivity contribution in [1.29, 1.82) is 0 Å². The summed E-state index contributed by atoms with van der Waals surface area (Å²) in [7, 11) is 1.65. The Labute approximate surface area is 93.0 Å². The molecule has 0 fully saturated rings. The van der Waals surface area contributed by atoms with Crippen LogP contribution in [0.4, 0.5) is 5.69 Å². The van der Waals surface area contributed by atoms with E-state index in [2.05, 4.69) is 15.5 Å². The number of hydrogen-bond donors (Lipinski definition) is 1. The molecular weight excluding hydrogens is 206 g/mol. The van der Waals surface area contributed by atoms with Crippen LogP contribution in [0.1, 0.15) is 0 Å². The normalized spacial score (nSPS) is 10.6. The van der Waals surface area contributed by atoms with Crippen LogP contribution >= 0.6 is 0 Å². The Bertz CT molecular complexity index is 450. The van der Waals surface area contributed by atoms with E-state index in [0.29, 0.717) is 13.2 Å². The summed E-state index contributed by atoms with van der Waals surface area (Å²) >= 11 is 0. The lowest BCUT2D eigenvalue weighted by atomic mass is 10.2. The second-order valence-electron chi connectivity index (χ2n) is 3.34. The molecule has 0 saturated heterocycles. The maximum absolute atomic E-state index is 5.62. The van der Waals surface area contributed by atoms with E-state index >= 15 is 0 Å². The summed E-state index contributed by atoms with van der Waals surface area (Å²) in [5.74, 6) is 0.719. The zero-order chi connectivity index (χ0) is 11.4. The van der Waals surface area contributed by atoms with Crippen LogP contribution in [-0.4, -0.2) is 33.9 Å². The fourth-order valence-electron chi connectivity index (χ4n) is 1.37. The van der Waals surface area contributed by atoms with Gasteiger partial charge in [0.25, 0.3) is 0 Å². The third-order valence-corrected chi connectivity index (χ3v) is 2.21. The van der Waals surface area contributed by atoms with Crippen molar-refractivity contribution in [2.24, 2.45) is 0 Å². The molecule has 1 aromatic heterocycles. The Morgan fingerprint density at radius 2 is 2.06 bits per heavy atom. The molecule has 2 aromatic rings. The predicted octanol–water partition coefficient (Wildman–Crippen LogP) is 0.569. The van der Waals surface area contributed by atoms with Gasteiger partial charge in [0.1, 0.15) is 0 Å². The first-order valence-corrected chi connectivity index (χ1v) is 4.92. The molecule has 84 valence electrons. The number of hydrogen-bond acceptors (Lipinski definition) is 5. The minimum absolute atomic E-state index is 0.576. The number of aromatic nitrogens is 4. The highest BCUT2D eigenvalue weighted by molar-refractivity contribution is 5.58. The highest BCUT2D eigenvalue weighted by Crippen LogP contribution is 2.16. The predicted molar refractivity (Wildman–Crippen MR) is 59.5 cm³/mol. The molecule has 0 saturated carbocycles. The number of nitrogens with two attached hydrogens (primary N) is 1. The minimum Gasteiger partial charge on any atom is -0.399 e. The second-order valence-corrected chi connectivity index (χ2v) is 3.34. The first kappa shape index (κ1) is 10.6. The highest BCUT2D eigenvalue weighted by atomic mass is 16.5. The molecule has 0 unspecified atom stereocenters. The van der Waals surface area contributed by atoms with Gasteiger partial charge in [-0.15, -0.1) is 5.10 Å². The van der Waals surface area contributed by atoms with Crippen LogP contribution in [-0.2, 0) is 11.3 Å². The molecule has 6 nitrogen and oxygen atoms in total. The summed E-state index contributed by atoms with van der Waals surface area (Å²) in [6, 6.07) is 7.43.